The molecule has 1 aliphatic rings. The molecule has 0 aliphatic carbocycles. The molecular formula is C10H15N3O2. The highest BCUT2D eigenvalue weighted by molar-refractivity contribution is 5.92. The van der Waals surface area contributed by atoms with Crippen LogP contribution in [0.25, 0.3) is 0 Å². The van der Waals surface area contributed by atoms with Gasteiger partial charge in [-0.3, -0.25) is 9.89 Å². The van der Waals surface area contributed by atoms with Gasteiger partial charge in [0.25, 0.3) is 5.91 Å². The fourth-order valence-electron chi connectivity index (χ4n) is 1.81. The molecule has 1 aromatic rings. The first-order chi connectivity index (χ1) is 7.06. The van der Waals surface area contributed by atoms with Crippen molar-refractivity contribution in [1.29, 1.82) is 0 Å². The summed E-state index contributed by atoms with van der Waals surface area (Å²) in [6.07, 6.45) is 1.59. The van der Waals surface area contributed by atoms with E-state index in [-0.39, 0.29) is 5.60 Å². The van der Waals surface area contributed by atoms with Crippen LogP contribution in [0.4, 0.5) is 0 Å². The maximum absolute atomic E-state index is 11.1. The zero-order valence-corrected chi connectivity index (χ0v) is 8.96. The molecule has 1 aromatic heterocycles. The molecular weight excluding hydrogens is 194 g/mol. The Bertz CT molecular complexity index is 399. The number of carbonyl (C=O) groups is 1. The van der Waals surface area contributed by atoms with E-state index in [4.69, 9.17) is 10.5 Å². The summed E-state index contributed by atoms with van der Waals surface area (Å²) in [5.41, 5.74) is 7.18. The van der Waals surface area contributed by atoms with E-state index in [0.29, 0.717) is 18.7 Å². The lowest BCUT2D eigenvalue weighted by atomic mass is 9.90. The molecule has 15 heavy (non-hydrogen) atoms. The van der Waals surface area contributed by atoms with Crippen molar-refractivity contribution < 1.29 is 9.53 Å². The molecule has 2 heterocycles. The largest absolute Gasteiger partial charge is 0.369 e. The summed E-state index contributed by atoms with van der Waals surface area (Å²) in [5, 5.41) is 6.71. The smallest absolute Gasteiger partial charge is 0.269 e. The van der Waals surface area contributed by atoms with Gasteiger partial charge in [-0.25, -0.2) is 0 Å². The van der Waals surface area contributed by atoms with Gasteiger partial charge in [-0.05, 0) is 13.3 Å². The predicted molar refractivity (Wildman–Crippen MR) is 54.3 cm³/mol. The minimum absolute atomic E-state index is 0.207. The van der Waals surface area contributed by atoms with Gasteiger partial charge < -0.3 is 10.5 Å². The van der Waals surface area contributed by atoms with Crippen LogP contribution < -0.4 is 5.73 Å². The van der Waals surface area contributed by atoms with Crippen LogP contribution >= 0.6 is 0 Å². The van der Waals surface area contributed by atoms with Crippen LogP contribution in [-0.4, -0.2) is 21.7 Å². The zero-order chi connectivity index (χ0) is 11.1. The lowest BCUT2D eigenvalue weighted by molar-refractivity contribution is -0.0576. The third kappa shape index (κ3) is 1.63. The Hall–Kier alpha value is -1.36. The molecule has 3 N–H and O–H groups in total. The molecule has 0 aromatic carbocycles. The van der Waals surface area contributed by atoms with Gasteiger partial charge in [-0.2, -0.15) is 5.10 Å². The highest BCUT2D eigenvalue weighted by atomic mass is 16.5. The van der Waals surface area contributed by atoms with Crippen molar-refractivity contribution in [2.24, 2.45) is 5.73 Å². The first kappa shape index (κ1) is 10.2. The SMILES string of the molecule is CCC1(C)Cc2c(C(N)=O)n[nH]c2CO1. The summed E-state index contributed by atoms with van der Waals surface area (Å²) < 4.78 is 5.71. The van der Waals surface area contributed by atoms with Gasteiger partial charge in [0, 0.05) is 12.0 Å². The van der Waals surface area contributed by atoms with E-state index < -0.39 is 5.91 Å². The minimum Gasteiger partial charge on any atom is -0.369 e. The fraction of sp³-hybridized carbons (Fsp3) is 0.600. The molecule has 0 saturated heterocycles. The van der Waals surface area contributed by atoms with E-state index in [9.17, 15) is 4.79 Å². The van der Waals surface area contributed by atoms with Gasteiger partial charge in [0.15, 0.2) is 5.69 Å². The monoisotopic (exact) mass is 209 g/mol. The van der Waals surface area contributed by atoms with Crippen LogP contribution in [0.15, 0.2) is 0 Å². The van der Waals surface area contributed by atoms with Gasteiger partial charge in [-0.1, -0.05) is 6.92 Å². The van der Waals surface area contributed by atoms with E-state index in [2.05, 4.69) is 17.1 Å². The number of hydrogen-bond acceptors (Lipinski definition) is 3. The van der Waals surface area contributed by atoms with Crippen molar-refractivity contribution in [3.63, 3.8) is 0 Å². The van der Waals surface area contributed by atoms with Crippen LogP contribution in [0.5, 0.6) is 0 Å². The van der Waals surface area contributed by atoms with Gasteiger partial charge >= 0.3 is 0 Å². The third-order valence-corrected chi connectivity index (χ3v) is 3.05. The van der Waals surface area contributed by atoms with E-state index in [1.54, 1.807) is 0 Å². The molecule has 0 saturated carbocycles. The van der Waals surface area contributed by atoms with E-state index in [1.165, 1.54) is 0 Å². The van der Waals surface area contributed by atoms with Crippen molar-refractivity contribution in [3.8, 4) is 0 Å². The molecule has 0 radical (unpaired) electrons. The Morgan fingerprint density at radius 3 is 3.07 bits per heavy atom. The van der Waals surface area contributed by atoms with Crippen LogP contribution in [-0.2, 0) is 17.8 Å². The number of amides is 1. The minimum atomic E-state index is -0.479. The third-order valence-electron chi connectivity index (χ3n) is 3.05. The van der Waals surface area contributed by atoms with Gasteiger partial charge in [-0.15, -0.1) is 0 Å². The van der Waals surface area contributed by atoms with Crippen molar-refractivity contribution in [3.05, 3.63) is 17.0 Å². The van der Waals surface area contributed by atoms with Crippen LogP contribution in [0, 0.1) is 0 Å². The summed E-state index contributed by atoms with van der Waals surface area (Å²) >= 11 is 0. The summed E-state index contributed by atoms with van der Waals surface area (Å²) in [5.74, 6) is -0.479. The Morgan fingerprint density at radius 2 is 2.47 bits per heavy atom. The lowest BCUT2D eigenvalue weighted by Crippen LogP contribution is -2.35. The number of rotatable bonds is 2. The first-order valence-electron chi connectivity index (χ1n) is 5.05. The van der Waals surface area contributed by atoms with Gasteiger partial charge in [0.05, 0.1) is 17.9 Å². The molecule has 0 bridgehead atoms. The molecule has 0 spiro atoms. The molecule has 82 valence electrons. The lowest BCUT2D eigenvalue weighted by Gasteiger charge is -2.32. The molecule has 1 aliphatic heterocycles. The standard InChI is InChI=1S/C10H15N3O2/c1-3-10(2)4-6-7(5-15-10)12-13-8(6)9(11)14/h3-5H2,1-2H3,(H2,11,14)(H,12,13). The second-order valence-corrected chi connectivity index (χ2v) is 4.16. The average molecular weight is 209 g/mol. The van der Waals surface area contributed by atoms with E-state index >= 15 is 0 Å². The van der Waals surface area contributed by atoms with Crippen molar-refractivity contribution in [2.45, 2.75) is 38.9 Å². The number of fused-ring (bicyclic) bond motifs is 1. The molecule has 1 unspecified atom stereocenters. The van der Waals surface area contributed by atoms with Crippen LogP contribution in [0.1, 0.15) is 42.0 Å². The highest BCUT2D eigenvalue weighted by Gasteiger charge is 2.33. The normalized spacial score (nSPS) is 24.9. The quantitative estimate of drug-likeness (QED) is 0.754. The predicted octanol–water partition coefficient (Wildman–Crippen LogP) is 0.750. The van der Waals surface area contributed by atoms with Gasteiger partial charge in [0.2, 0.25) is 0 Å². The summed E-state index contributed by atoms with van der Waals surface area (Å²) in [4.78, 5) is 11.1. The summed E-state index contributed by atoms with van der Waals surface area (Å²) in [6, 6.07) is 0. The number of ether oxygens (including phenoxy) is 1. The zero-order valence-electron chi connectivity index (χ0n) is 8.96. The Morgan fingerprint density at radius 1 is 1.73 bits per heavy atom. The number of primary amides is 1. The molecule has 5 heteroatoms. The van der Waals surface area contributed by atoms with Crippen LogP contribution in [0.2, 0.25) is 0 Å². The Labute approximate surface area is 88.0 Å². The molecule has 2 rings (SSSR count). The number of nitrogens with two attached hydrogens (primary N) is 1. The fourth-order valence-corrected chi connectivity index (χ4v) is 1.81. The average Bonchev–Trinajstić information content (AvgIpc) is 2.60. The highest BCUT2D eigenvalue weighted by Crippen LogP contribution is 2.30. The molecule has 0 fully saturated rings. The van der Waals surface area contributed by atoms with E-state index in [0.717, 1.165) is 17.7 Å². The molecule has 1 amide bonds. The van der Waals surface area contributed by atoms with Crippen molar-refractivity contribution in [2.75, 3.05) is 0 Å². The number of carbonyl (C=O) groups excluding carboxylic acids is 1. The number of H-pyrrole nitrogens is 1. The summed E-state index contributed by atoms with van der Waals surface area (Å²) in [6.45, 7) is 4.57. The second-order valence-electron chi connectivity index (χ2n) is 4.16. The van der Waals surface area contributed by atoms with E-state index in [1.807, 2.05) is 6.92 Å². The second kappa shape index (κ2) is 3.34. The first-order valence-corrected chi connectivity index (χ1v) is 5.05. The number of aromatic nitrogens is 2. The topological polar surface area (TPSA) is 81.0 Å². The van der Waals surface area contributed by atoms with Crippen molar-refractivity contribution >= 4 is 5.91 Å². The number of aromatic amines is 1. The van der Waals surface area contributed by atoms with Gasteiger partial charge in [0.1, 0.15) is 0 Å². The molecule has 1 atom stereocenters. The number of hydrogen-bond donors (Lipinski definition) is 2. The number of nitrogens with one attached hydrogen (secondary N) is 1. The van der Waals surface area contributed by atoms with Crippen LogP contribution in [0.3, 0.4) is 0 Å². The maximum atomic E-state index is 11.1. The molecule has 5 nitrogen and oxygen atoms in total. The summed E-state index contributed by atoms with van der Waals surface area (Å²) in [7, 11) is 0. The number of nitrogens with zero attached hydrogens (tertiary/aromatic N) is 1. The Kier molecular flexibility index (Phi) is 2.26. The van der Waals surface area contributed by atoms with Crippen molar-refractivity contribution in [1.82, 2.24) is 10.2 Å². The Balaban J connectivity index is 2.38. The maximum Gasteiger partial charge on any atom is 0.269 e.